The van der Waals surface area contributed by atoms with Crippen LogP contribution in [0.3, 0.4) is 0 Å². The highest BCUT2D eigenvalue weighted by molar-refractivity contribution is 9.11. The lowest BCUT2D eigenvalue weighted by molar-refractivity contribution is 0.391. The molecule has 0 nitrogen and oxygen atoms in total. The molecule has 0 saturated carbocycles. The van der Waals surface area contributed by atoms with Gasteiger partial charge in [-0.05, 0) is 94.5 Å². The maximum Gasteiger partial charge on any atom is -0.00409 e. The third-order valence-electron chi connectivity index (χ3n) is 6.52. The van der Waals surface area contributed by atoms with E-state index in [9.17, 15) is 0 Å². The SMILES string of the molecule is C=C(/C(=C\C)C(=C)c1cccc(C)c1C)c1ccccc1CCC1(C)C=CC=C(Br)C1. The van der Waals surface area contributed by atoms with E-state index in [0.29, 0.717) is 0 Å². The highest BCUT2D eigenvalue weighted by Crippen LogP contribution is 2.39. The molecule has 2 aromatic carbocycles. The van der Waals surface area contributed by atoms with Crippen LogP contribution in [0.2, 0.25) is 0 Å². The van der Waals surface area contributed by atoms with Crippen molar-refractivity contribution in [3.05, 3.63) is 118 Å². The van der Waals surface area contributed by atoms with Crippen molar-refractivity contribution in [1.82, 2.24) is 0 Å². The first-order valence-corrected chi connectivity index (χ1v) is 11.8. The number of halogens is 1. The van der Waals surface area contributed by atoms with Crippen molar-refractivity contribution < 1.29 is 0 Å². The molecule has 1 aliphatic rings. The number of aryl methyl sites for hydroxylation is 2. The fourth-order valence-electron chi connectivity index (χ4n) is 4.41. The zero-order valence-electron chi connectivity index (χ0n) is 19.3. The molecular formula is C30H33Br. The Hall–Kier alpha value is -2.38. The molecule has 0 amide bonds. The average molecular weight is 473 g/mol. The number of rotatable bonds is 7. The number of hydrogen-bond acceptors (Lipinski definition) is 0. The van der Waals surface area contributed by atoms with E-state index in [1.165, 1.54) is 32.3 Å². The fraction of sp³-hybridized carbons (Fsp3) is 0.267. The first kappa shape index (κ1) is 23.3. The second-order valence-electron chi connectivity index (χ2n) is 8.87. The molecule has 3 rings (SSSR count). The van der Waals surface area contributed by atoms with Crippen LogP contribution in [0.5, 0.6) is 0 Å². The molecule has 0 spiro atoms. The van der Waals surface area contributed by atoms with Crippen molar-refractivity contribution >= 4 is 27.1 Å². The van der Waals surface area contributed by atoms with Crippen LogP contribution in [0.25, 0.3) is 11.1 Å². The molecule has 1 heteroatoms. The lowest BCUT2D eigenvalue weighted by atomic mass is 9.78. The Bertz CT molecular complexity index is 1090. The largest absolute Gasteiger partial charge is 0.0905 e. The van der Waals surface area contributed by atoms with Gasteiger partial charge in [0.25, 0.3) is 0 Å². The van der Waals surface area contributed by atoms with E-state index in [4.69, 9.17) is 0 Å². The van der Waals surface area contributed by atoms with Gasteiger partial charge in [-0.25, -0.2) is 0 Å². The molecular weight excluding hydrogens is 440 g/mol. The smallest absolute Gasteiger partial charge is 0.00409 e. The minimum atomic E-state index is 0.174. The monoisotopic (exact) mass is 472 g/mol. The summed E-state index contributed by atoms with van der Waals surface area (Å²) >= 11 is 3.68. The van der Waals surface area contributed by atoms with Gasteiger partial charge >= 0.3 is 0 Å². The van der Waals surface area contributed by atoms with Crippen LogP contribution in [-0.2, 0) is 6.42 Å². The molecule has 2 aromatic rings. The first-order chi connectivity index (χ1) is 14.8. The summed E-state index contributed by atoms with van der Waals surface area (Å²) in [5.41, 5.74) is 9.72. The van der Waals surface area contributed by atoms with Crippen LogP contribution < -0.4 is 0 Å². The Morgan fingerprint density at radius 2 is 1.71 bits per heavy atom. The van der Waals surface area contributed by atoms with Crippen LogP contribution in [-0.4, -0.2) is 0 Å². The minimum absolute atomic E-state index is 0.174. The molecule has 1 atom stereocenters. The summed E-state index contributed by atoms with van der Waals surface area (Å²) in [5, 5.41) is 0. The van der Waals surface area contributed by atoms with Crippen molar-refractivity contribution in [2.24, 2.45) is 5.41 Å². The summed E-state index contributed by atoms with van der Waals surface area (Å²) in [6.07, 6.45) is 12.0. The number of hydrogen-bond donors (Lipinski definition) is 0. The predicted molar refractivity (Wildman–Crippen MR) is 141 cm³/mol. The maximum absolute atomic E-state index is 4.52. The summed E-state index contributed by atoms with van der Waals surface area (Å²) < 4.78 is 1.27. The molecule has 31 heavy (non-hydrogen) atoms. The van der Waals surface area contributed by atoms with Crippen LogP contribution in [0.15, 0.2) is 90.0 Å². The Kier molecular flexibility index (Phi) is 7.38. The number of allylic oxidation sites excluding steroid dienone is 8. The average Bonchev–Trinajstić information content (AvgIpc) is 2.74. The van der Waals surface area contributed by atoms with E-state index in [1.807, 2.05) is 0 Å². The highest BCUT2D eigenvalue weighted by atomic mass is 79.9. The summed E-state index contributed by atoms with van der Waals surface area (Å²) in [4.78, 5) is 0. The molecule has 0 aliphatic heterocycles. The van der Waals surface area contributed by atoms with Gasteiger partial charge in [-0.1, -0.05) is 103 Å². The van der Waals surface area contributed by atoms with Gasteiger partial charge in [0.05, 0.1) is 0 Å². The second-order valence-corrected chi connectivity index (χ2v) is 9.89. The van der Waals surface area contributed by atoms with Crippen molar-refractivity contribution in [2.75, 3.05) is 0 Å². The molecule has 0 heterocycles. The zero-order valence-corrected chi connectivity index (χ0v) is 20.9. The summed E-state index contributed by atoms with van der Waals surface area (Å²) in [6, 6.07) is 15.1. The van der Waals surface area contributed by atoms with Gasteiger partial charge in [-0.2, -0.15) is 0 Å². The molecule has 0 radical (unpaired) electrons. The van der Waals surface area contributed by atoms with E-state index in [0.717, 1.165) is 36.0 Å². The Labute approximate surface area is 196 Å². The van der Waals surface area contributed by atoms with E-state index < -0.39 is 0 Å². The van der Waals surface area contributed by atoms with Gasteiger partial charge in [0.15, 0.2) is 0 Å². The van der Waals surface area contributed by atoms with E-state index in [2.05, 4.69) is 124 Å². The predicted octanol–water partition coefficient (Wildman–Crippen LogP) is 9.15. The molecule has 1 unspecified atom stereocenters. The lowest BCUT2D eigenvalue weighted by Gasteiger charge is -2.29. The van der Waals surface area contributed by atoms with Gasteiger partial charge in [0, 0.05) is 0 Å². The van der Waals surface area contributed by atoms with Crippen LogP contribution in [0.4, 0.5) is 0 Å². The Morgan fingerprint density at radius 3 is 2.42 bits per heavy atom. The summed E-state index contributed by atoms with van der Waals surface area (Å²) in [6.45, 7) is 17.7. The van der Waals surface area contributed by atoms with Crippen molar-refractivity contribution in [2.45, 2.75) is 47.0 Å². The van der Waals surface area contributed by atoms with Crippen LogP contribution in [0, 0.1) is 19.3 Å². The standard InChI is InChI=1S/C30H33Br/c1-7-27(23(4)28-16-10-12-21(2)22(28)3)24(5)29-15-9-8-13-25(29)17-19-30(6)18-11-14-26(31)20-30/h7-16,18H,4-5,17,19-20H2,1-3,6H3/b27-7-. The van der Waals surface area contributed by atoms with Gasteiger partial charge < -0.3 is 0 Å². The highest BCUT2D eigenvalue weighted by Gasteiger charge is 2.24. The Balaban J connectivity index is 1.86. The molecule has 0 aromatic heterocycles. The fourth-order valence-corrected chi connectivity index (χ4v) is 5.21. The molecule has 160 valence electrons. The summed E-state index contributed by atoms with van der Waals surface area (Å²) in [5.74, 6) is 0. The third-order valence-corrected chi connectivity index (χ3v) is 7.07. The maximum atomic E-state index is 4.52. The van der Waals surface area contributed by atoms with Crippen molar-refractivity contribution in [1.29, 1.82) is 0 Å². The van der Waals surface area contributed by atoms with Crippen LogP contribution in [0.1, 0.15) is 54.5 Å². The van der Waals surface area contributed by atoms with E-state index >= 15 is 0 Å². The molecule has 1 aliphatic carbocycles. The molecule has 0 saturated heterocycles. The third kappa shape index (κ3) is 5.28. The topological polar surface area (TPSA) is 0 Å². The normalized spacial score (nSPS) is 18.6. The number of benzene rings is 2. The molecule has 0 bridgehead atoms. The quantitative estimate of drug-likeness (QED) is 0.352. The molecule has 0 N–H and O–H groups in total. The van der Waals surface area contributed by atoms with Crippen molar-refractivity contribution in [3.8, 4) is 0 Å². The van der Waals surface area contributed by atoms with Gasteiger partial charge in [-0.3, -0.25) is 0 Å². The van der Waals surface area contributed by atoms with E-state index in [-0.39, 0.29) is 5.41 Å². The molecule has 0 fully saturated rings. The van der Waals surface area contributed by atoms with Crippen molar-refractivity contribution in [3.63, 3.8) is 0 Å². The first-order valence-electron chi connectivity index (χ1n) is 11.0. The van der Waals surface area contributed by atoms with Crippen LogP contribution >= 0.6 is 15.9 Å². The summed E-state index contributed by atoms with van der Waals surface area (Å²) in [7, 11) is 0. The minimum Gasteiger partial charge on any atom is -0.0905 e. The Morgan fingerprint density at radius 1 is 1.03 bits per heavy atom. The van der Waals surface area contributed by atoms with Gasteiger partial charge in [-0.15, -0.1) is 0 Å². The zero-order chi connectivity index (χ0) is 22.6. The lowest BCUT2D eigenvalue weighted by Crippen LogP contribution is -2.16. The van der Waals surface area contributed by atoms with E-state index in [1.54, 1.807) is 0 Å². The van der Waals surface area contributed by atoms with Gasteiger partial charge in [0.1, 0.15) is 0 Å². The second kappa shape index (κ2) is 9.83. The van der Waals surface area contributed by atoms with Gasteiger partial charge in [0.2, 0.25) is 0 Å².